The van der Waals surface area contributed by atoms with Gasteiger partial charge >= 0.3 is 0 Å². The number of anilines is 2. The molecule has 1 fully saturated rings. The number of benzene rings is 1. The predicted molar refractivity (Wildman–Crippen MR) is 77.8 cm³/mol. The van der Waals surface area contributed by atoms with Crippen molar-refractivity contribution in [1.29, 1.82) is 0 Å². The number of carbonyl (C=O) groups excluding carboxylic acids is 1. The quantitative estimate of drug-likeness (QED) is 0.894. The van der Waals surface area contributed by atoms with Gasteiger partial charge in [-0.3, -0.25) is 4.79 Å². The second-order valence-electron chi connectivity index (χ2n) is 5.03. The van der Waals surface area contributed by atoms with Gasteiger partial charge in [0.25, 0.3) is 5.91 Å². The lowest BCUT2D eigenvalue weighted by Gasteiger charge is -2.06. The minimum atomic E-state index is -0.251. The van der Waals surface area contributed by atoms with E-state index < -0.39 is 0 Å². The van der Waals surface area contributed by atoms with Crippen LogP contribution in [0.15, 0.2) is 36.7 Å². The molecule has 102 valence electrons. The molecule has 20 heavy (non-hydrogen) atoms. The lowest BCUT2D eigenvalue weighted by molar-refractivity contribution is 0.102. The van der Waals surface area contributed by atoms with Crippen molar-refractivity contribution < 1.29 is 4.79 Å². The highest BCUT2D eigenvalue weighted by atomic mass is 16.1. The van der Waals surface area contributed by atoms with Crippen LogP contribution in [0.3, 0.4) is 0 Å². The zero-order valence-electron chi connectivity index (χ0n) is 11.3. The highest BCUT2D eigenvalue weighted by Crippen LogP contribution is 2.23. The van der Waals surface area contributed by atoms with E-state index in [1.807, 2.05) is 31.2 Å². The molecule has 2 N–H and O–H groups in total. The van der Waals surface area contributed by atoms with Gasteiger partial charge < -0.3 is 10.6 Å². The standard InChI is InChI=1S/C15H16N4O/c1-10-2-4-12(5-3-10)19-15(20)13-8-17-14(9-16-13)18-11-6-7-11/h2-5,8-9,11H,6-7H2,1H3,(H,17,18)(H,19,20). The summed E-state index contributed by atoms with van der Waals surface area (Å²) in [5.74, 6) is 0.471. The van der Waals surface area contributed by atoms with E-state index in [4.69, 9.17) is 0 Å². The number of nitrogens with zero attached hydrogens (tertiary/aromatic N) is 2. The highest BCUT2D eigenvalue weighted by molar-refractivity contribution is 6.02. The number of hydrogen-bond donors (Lipinski definition) is 2. The van der Waals surface area contributed by atoms with E-state index in [1.165, 1.54) is 19.0 Å². The first kappa shape index (κ1) is 12.6. The highest BCUT2D eigenvalue weighted by Gasteiger charge is 2.21. The molecule has 1 amide bonds. The van der Waals surface area contributed by atoms with Crippen LogP contribution in [0, 0.1) is 6.92 Å². The maximum absolute atomic E-state index is 12.0. The summed E-state index contributed by atoms with van der Waals surface area (Å²) in [6.07, 6.45) is 5.45. The average Bonchev–Trinajstić information content (AvgIpc) is 3.26. The molecule has 2 aromatic rings. The maximum Gasteiger partial charge on any atom is 0.275 e. The van der Waals surface area contributed by atoms with Crippen LogP contribution in [0.2, 0.25) is 0 Å². The van der Waals surface area contributed by atoms with Crippen LogP contribution in [-0.4, -0.2) is 21.9 Å². The Hall–Kier alpha value is -2.43. The van der Waals surface area contributed by atoms with Crippen molar-refractivity contribution in [2.24, 2.45) is 0 Å². The Morgan fingerprint density at radius 1 is 1.15 bits per heavy atom. The number of aromatic nitrogens is 2. The van der Waals surface area contributed by atoms with Crippen LogP contribution in [0.4, 0.5) is 11.5 Å². The van der Waals surface area contributed by atoms with Crippen molar-refractivity contribution in [2.75, 3.05) is 10.6 Å². The Balaban J connectivity index is 1.65. The summed E-state index contributed by atoms with van der Waals surface area (Å²) in [7, 11) is 0. The van der Waals surface area contributed by atoms with Gasteiger partial charge in [0.05, 0.1) is 12.4 Å². The van der Waals surface area contributed by atoms with Crippen molar-refractivity contribution in [1.82, 2.24) is 9.97 Å². The van der Waals surface area contributed by atoms with Gasteiger partial charge in [0.1, 0.15) is 11.5 Å². The minimum Gasteiger partial charge on any atom is -0.366 e. The Morgan fingerprint density at radius 2 is 1.90 bits per heavy atom. The number of amides is 1. The van der Waals surface area contributed by atoms with Crippen molar-refractivity contribution in [3.63, 3.8) is 0 Å². The molecule has 1 aliphatic carbocycles. The molecule has 5 nitrogen and oxygen atoms in total. The van der Waals surface area contributed by atoms with Crippen LogP contribution in [0.5, 0.6) is 0 Å². The summed E-state index contributed by atoms with van der Waals surface area (Å²) >= 11 is 0. The molecule has 0 atom stereocenters. The molecule has 0 unspecified atom stereocenters. The first-order chi connectivity index (χ1) is 9.70. The molecule has 0 aliphatic heterocycles. The maximum atomic E-state index is 12.0. The van der Waals surface area contributed by atoms with E-state index >= 15 is 0 Å². The molecule has 1 aliphatic rings. The molecular weight excluding hydrogens is 252 g/mol. The van der Waals surface area contributed by atoms with E-state index in [-0.39, 0.29) is 5.91 Å². The van der Waals surface area contributed by atoms with Gasteiger partial charge in [0.2, 0.25) is 0 Å². The molecule has 0 spiro atoms. The number of nitrogens with one attached hydrogen (secondary N) is 2. The van der Waals surface area contributed by atoms with Crippen LogP contribution in [0.1, 0.15) is 28.9 Å². The fourth-order valence-corrected chi connectivity index (χ4v) is 1.79. The van der Waals surface area contributed by atoms with Gasteiger partial charge in [0.15, 0.2) is 0 Å². The lowest BCUT2D eigenvalue weighted by Crippen LogP contribution is -2.14. The zero-order chi connectivity index (χ0) is 13.9. The molecule has 0 bridgehead atoms. The monoisotopic (exact) mass is 268 g/mol. The summed E-state index contributed by atoms with van der Waals surface area (Å²) in [4.78, 5) is 20.3. The average molecular weight is 268 g/mol. The topological polar surface area (TPSA) is 66.9 Å². The molecule has 0 radical (unpaired) electrons. The summed E-state index contributed by atoms with van der Waals surface area (Å²) in [6, 6.07) is 8.15. The smallest absolute Gasteiger partial charge is 0.275 e. The van der Waals surface area contributed by atoms with Crippen LogP contribution in [0.25, 0.3) is 0 Å². The van der Waals surface area contributed by atoms with Gasteiger partial charge in [-0.15, -0.1) is 0 Å². The molecule has 1 saturated carbocycles. The fraction of sp³-hybridized carbons (Fsp3) is 0.267. The normalized spacial score (nSPS) is 13.8. The third-order valence-electron chi connectivity index (χ3n) is 3.12. The molecule has 3 rings (SSSR count). The summed E-state index contributed by atoms with van der Waals surface area (Å²) < 4.78 is 0. The first-order valence-electron chi connectivity index (χ1n) is 6.67. The second kappa shape index (κ2) is 5.28. The van der Waals surface area contributed by atoms with Crippen molar-refractivity contribution in [2.45, 2.75) is 25.8 Å². The van der Waals surface area contributed by atoms with E-state index in [1.54, 1.807) is 6.20 Å². The SMILES string of the molecule is Cc1ccc(NC(=O)c2cnc(NC3CC3)cn2)cc1. The van der Waals surface area contributed by atoms with Crippen molar-refractivity contribution >= 4 is 17.4 Å². The molecular formula is C15H16N4O. The number of carbonyl (C=O) groups is 1. The van der Waals surface area contributed by atoms with Crippen molar-refractivity contribution in [3.05, 3.63) is 47.9 Å². The van der Waals surface area contributed by atoms with Gasteiger partial charge in [-0.1, -0.05) is 17.7 Å². The summed E-state index contributed by atoms with van der Waals surface area (Å²) in [5, 5.41) is 6.03. The van der Waals surface area contributed by atoms with Crippen molar-refractivity contribution in [3.8, 4) is 0 Å². The third-order valence-corrected chi connectivity index (χ3v) is 3.12. The largest absolute Gasteiger partial charge is 0.366 e. The Bertz CT molecular complexity index is 603. The molecule has 1 heterocycles. The Kier molecular flexibility index (Phi) is 3.33. The van der Waals surface area contributed by atoms with Gasteiger partial charge in [-0.25, -0.2) is 9.97 Å². The van der Waals surface area contributed by atoms with Crippen LogP contribution < -0.4 is 10.6 Å². The third kappa shape index (κ3) is 3.12. The first-order valence-corrected chi connectivity index (χ1v) is 6.67. The molecule has 0 saturated heterocycles. The van der Waals surface area contributed by atoms with E-state index in [2.05, 4.69) is 20.6 Å². The van der Waals surface area contributed by atoms with Gasteiger partial charge in [-0.2, -0.15) is 0 Å². The van der Waals surface area contributed by atoms with Crippen LogP contribution >= 0.6 is 0 Å². The van der Waals surface area contributed by atoms with E-state index in [0.29, 0.717) is 11.7 Å². The van der Waals surface area contributed by atoms with Gasteiger partial charge in [0, 0.05) is 11.7 Å². The number of rotatable bonds is 4. The fourth-order valence-electron chi connectivity index (χ4n) is 1.79. The Morgan fingerprint density at radius 3 is 2.50 bits per heavy atom. The number of hydrogen-bond acceptors (Lipinski definition) is 4. The van der Waals surface area contributed by atoms with Gasteiger partial charge in [-0.05, 0) is 31.9 Å². The van der Waals surface area contributed by atoms with Crippen LogP contribution in [-0.2, 0) is 0 Å². The zero-order valence-corrected chi connectivity index (χ0v) is 11.3. The second-order valence-corrected chi connectivity index (χ2v) is 5.03. The van der Waals surface area contributed by atoms with E-state index in [0.717, 1.165) is 17.1 Å². The summed E-state index contributed by atoms with van der Waals surface area (Å²) in [6.45, 7) is 2.00. The molecule has 1 aromatic carbocycles. The minimum absolute atomic E-state index is 0.251. The lowest BCUT2D eigenvalue weighted by atomic mass is 10.2. The summed E-state index contributed by atoms with van der Waals surface area (Å²) in [5.41, 5.74) is 2.22. The van der Waals surface area contributed by atoms with E-state index in [9.17, 15) is 4.79 Å². The Labute approximate surface area is 117 Å². The molecule has 1 aromatic heterocycles. The molecule has 5 heteroatoms. The predicted octanol–water partition coefficient (Wildman–Crippen LogP) is 2.61. The number of aryl methyl sites for hydroxylation is 1.